The molecule has 0 radical (unpaired) electrons. The lowest BCUT2D eigenvalue weighted by Crippen LogP contribution is -2.41. The molecule has 0 fully saturated rings. The molecule has 1 aliphatic rings. The number of amides is 1. The maximum Gasteiger partial charge on any atom is 0.253 e. The van der Waals surface area contributed by atoms with E-state index in [9.17, 15) is 9.59 Å². The molecule has 1 aromatic carbocycles. The summed E-state index contributed by atoms with van der Waals surface area (Å²) in [5.41, 5.74) is 4.20. The number of Topliss-reactive ketones (excluding diaryl/α,β-unsaturated/α-hetero) is 1. The van der Waals surface area contributed by atoms with Gasteiger partial charge in [-0.15, -0.1) is 0 Å². The Morgan fingerprint density at radius 3 is 2.54 bits per heavy atom. The van der Waals surface area contributed by atoms with E-state index in [1.807, 2.05) is 39.8 Å². The molecule has 1 atom stereocenters. The van der Waals surface area contributed by atoms with Gasteiger partial charge < -0.3 is 15.0 Å². The Hall–Kier alpha value is -2.56. The zero-order valence-corrected chi connectivity index (χ0v) is 16.2. The number of aromatic amines is 1. The van der Waals surface area contributed by atoms with Crippen LogP contribution in [0.3, 0.4) is 0 Å². The zero-order chi connectivity index (χ0) is 19.2. The third-order valence-electron chi connectivity index (χ3n) is 4.94. The van der Waals surface area contributed by atoms with E-state index in [0.717, 1.165) is 16.9 Å². The van der Waals surface area contributed by atoms with Gasteiger partial charge in [0.1, 0.15) is 11.4 Å². The number of benzene rings is 1. The second-order valence-corrected chi connectivity index (χ2v) is 7.81. The van der Waals surface area contributed by atoms with Crippen molar-refractivity contribution in [3.05, 3.63) is 51.8 Å². The molecule has 0 saturated heterocycles. The second kappa shape index (κ2) is 6.31. The van der Waals surface area contributed by atoms with Gasteiger partial charge in [-0.2, -0.15) is 0 Å². The molecule has 0 bridgehead atoms. The summed E-state index contributed by atoms with van der Waals surface area (Å²) in [5.74, 6) is 0.570. The predicted octanol–water partition coefficient (Wildman–Crippen LogP) is 4.17. The van der Waals surface area contributed by atoms with Gasteiger partial charge in [-0.3, -0.25) is 9.59 Å². The van der Waals surface area contributed by atoms with Crippen molar-refractivity contribution in [3.8, 4) is 5.75 Å². The predicted molar refractivity (Wildman–Crippen MR) is 101 cm³/mol. The Bertz CT molecular complexity index is 893. The molecule has 26 heavy (non-hydrogen) atoms. The molecule has 138 valence electrons. The van der Waals surface area contributed by atoms with Crippen LogP contribution in [0.1, 0.15) is 76.5 Å². The first kappa shape index (κ1) is 18.2. The van der Waals surface area contributed by atoms with E-state index in [2.05, 4.69) is 16.4 Å². The molecule has 0 unspecified atom stereocenters. The highest BCUT2D eigenvalue weighted by atomic mass is 16.5. The maximum atomic E-state index is 13.0. The highest BCUT2D eigenvalue weighted by molar-refractivity contribution is 6.02. The SMILES string of the molecule is CC(=O)c1[nH]c(C)c(C(=O)N[C@@H]2CC(C)(C)Oc3ccc(C)cc32)c1C. The van der Waals surface area contributed by atoms with Crippen molar-refractivity contribution in [1.82, 2.24) is 10.3 Å². The topological polar surface area (TPSA) is 71.2 Å². The Labute approximate surface area is 154 Å². The minimum absolute atomic E-state index is 0.0715. The quantitative estimate of drug-likeness (QED) is 0.813. The second-order valence-electron chi connectivity index (χ2n) is 7.81. The summed E-state index contributed by atoms with van der Waals surface area (Å²) in [6.07, 6.45) is 0.678. The van der Waals surface area contributed by atoms with Gasteiger partial charge >= 0.3 is 0 Å². The van der Waals surface area contributed by atoms with E-state index in [-0.39, 0.29) is 23.3 Å². The third-order valence-corrected chi connectivity index (χ3v) is 4.94. The molecular formula is C21H26N2O3. The van der Waals surface area contributed by atoms with E-state index in [1.165, 1.54) is 6.92 Å². The Balaban J connectivity index is 1.95. The molecule has 5 heteroatoms. The smallest absolute Gasteiger partial charge is 0.253 e. The summed E-state index contributed by atoms with van der Waals surface area (Å²) in [6.45, 7) is 11.2. The van der Waals surface area contributed by atoms with E-state index < -0.39 is 0 Å². The Kier molecular flexibility index (Phi) is 4.42. The van der Waals surface area contributed by atoms with Gasteiger partial charge in [-0.1, -0.05) is 17.7 Å². The van der Waals surface area contributed by atoms with Crippen LogP contribution < -0.4 is 10.1 Å². The molecule has 5 nitrogen and oxygen atoms in total. The van der Waals surface area contributed by atoms with Crippen LogP contribution >= 0.6 is 0 Å². The summed E-state index contributed by atoms with van der Waals surface area (Å²) < 4.78 is 6.07. The van der Waals surface area contributed by atoms with Crippen LogP contribution in [0, 0.1) is 20.8 Å². The number of H-pyrrole nitrogens is 1. The van der Waals surface area contributed by atoms with E-state index in [0.29, 0.717) is 28.9 Å². The van der Waals surface area contributed by atoms with Crippen molar-refractivity contribution in [2.45, 2.75) is 59.6 Å². The van der Waals surface area contributed by atoms with Crippen LogP contribution in [0.5, 0.6) is 5.75 Å². The average molecular weight is 354 g/mol. The number of hydrogen-bond donors (Lipinski definition) is 2. The third kappa shape index (κ3) is 3.26. The fourth-order valence-electron chi connectivity index (χ4n) is 3.78. The Morgan fingerprint density at radius 1 is 1.23 bits per heavy atom. The molecular weight excluding hydrogens is 328 g/mol. The van der Waals surface area contributed by atoms with Crippen molar-refractivity contribution in [2.24, 2.45) is 0 Å². The van der Waals surface area contributed by atoms with Gasteiger partial charge in [0.15, 0.2) is 5.78 Å². The summed E-state index contributed by atoms with van der Waals surface area (Å²) in [7, 11) is 0. The minimum atomic E-state index is -0.368. The lowest BCUT2D eigenvalue weighted by molar-refractivity contribution is 0.0619. The average Bonchev–Trinajstić information content (AvgIpc) is 2.82. The fraction of sp³-hybridized carbons (Fsp3) is 0.429. The van der Waals surface area contributed by atoms with Gasteiger partial charge in [-0.05, 0) is 46.2 Å². The Morgan fingerprint density at radius 2 is 1.92 bits per heavy atom. The van der Waals surface area contributed by atoms with Crippen LogP contribution in [-0.2, 0) is 0 Å². The van der Waals surface area contributed by atoms with Gasteiger partial charge in [0.2, 0.25) is 0 Å². The first-order chi connectivity index (χ1) is 12.1. The normalized spacial score (nSPS) is 18.0. The van der Waals surface area contributed by atoms with Crippen LogP contribution in [-0.4, -0.2) is 22.3 Å². The molecule has 0 aliphatic carbocycles. The lowest BCUT2D eigenvalue weighted by Gasteiger charge is -2.38. The van der Waals surface area contributed by atoms with E-state index in [1.54, 1.807) is 6.92 Å². The highest BCUT2D eigenvalue weighted by Crippen LogP contribution is 2.40. The minimum Gasteiger partial charge on any atom is -0.487 e. The molecule has 3 rings (SSSR count). The van der Waals surface area contributed by atoms with Crippen molar-refractivity contribution in [3.63, 3.8) is 0 Å². The summed E-state index contributed by atoms with van der Waals surface area (Å²) in [4.78, 5) is 27.8. The first-order valence-corrected chi connectivity index (χ1v) is 8.89. The summed E-state index contributed by atoms with van der Waals surface area (Å²) in [6, 6.07) is 5.90. The number of carbonyl (C=O) groups excluding carboxylic acids is 2. The van der Waals surface area contributed by atoms with Crippen LogP contribution in [0.15, 0.2) is 18.2 Å². The highest BCUT2D eigenvalue weighted by Gasteiger charge is 2.35. The first-order valence-electron chi connectivity index (χ1n) is 8.89. The molecule has 1 amide bonds. The van der Waals surface area contributed by atoms with Crippen LogP contribution in [0.4, 0.5) is 0 Å². The number of fused-ring (bicyclic) bond motifs is 1. The number of ketones is 1. The number of ether oxygens (including phenoxy) is 1. The van der Waals surface area contributed by atoms with Crippen molar-refractivity contribution < 1.29 is 14.3 Å². The molecule has 0 saturated carbocycles. The molecule has 2 heterocycles. The maximum absolute atomic E-state index is 13.0. The van der Waals surface area contributed by atoms with Crippen LogP contribution in [0.2, 0.25) is 0 Å². The monoisotopic (exact) mass is 354 g/mol. The molecule has 2 aromatic rings. The van der Waals surface area contributed by atoms with E-state index in [4.69, 9.17) is 4.74 Å². The molecule has 2 N–H and O–H groups in total. The van der Waals surface area contributed by atoms with Gasteiger partial charge in [-0.25, -0.2) is 0 Å². The largest absolute Gasteiger partial charge is 0.487 e. The molecule has 1 aliphatic heterocycles. The number of aryl methyl sites for hydroxylation is 2. The van der Waals surface area contributed by atoms with Crippen molar-refractivity contribution >= 4 is 11.7 Å². The van der Waals surface area contributed by atoms with Crippen molar-refractivity contribution in [2.75, 3.05) is 0 Å². The molecule has 0 spiro atoms. The lowest BCUT2D eigenvalue weighted by atomic mass is 9.88. The van der Waals surface area contributed by atoms with Gasteiger partial charge in [0, 0.05) is 24.6 Å². The van der Waals surface area contributed by atoms with Gasteiger partial charge in [0.25, 0.3) is 5.91 Å². The number of nitrogens with one attached hydrogen (secondary N) is 2. The summed E-state index contributed by atoms with van der Waals surface area (Å²) in [5, 5.41) is 3.16. The fourth-order valence-corrected chi connectivity index (χ4v) is 3.78. The standard InChI is InChI=1S/C21H26N2O3/c1-11-7-8-17-15(9-11)16(10-21(5,6)26-17)23-20(25)18-12(2)19(14(4)24)22-13(18)3/h7-9,16,22H,10H2,1-6H3,(H,23,25)/t16-/m1/s1. The molecule has 1 aromatic heterocycles. The number of hydrogen-bond acceptors (Lipinski definition) is 3. The number of carbonyl (C=O) groups is 2. The number of rotatable bonds is 3. The zero-order valence-electron chi connectivity index (χ0n) is 16.2. The van der Waals surface area contributed by atoms with Crippen LogP contribution in [0.25, 0.3) is 0 Å². The number of aromatic nitrogens is 1. The van der Waals surface area contributed by atoms with E-state index >= 15 is 0 Å². The summed E-state index contributed by atoms with van der Waals surface area (Å²) >= 11 is 0. The van der Waals surface area contributed by atoms with Gasteiger partial charge in [0.05, 0.1) is 17.3 Å². The van der Waals surface area contributed by atoms with Crippen molar-refractivity contribution in [1.29, 1.82) is 0 Å².